The topological polar surface area (TPSA) is 30.3 Å². The monoisotopic (exact) mass is 243 g/mol. The summed E-state index contributed by atoms with van der Waals surface area (Å²) in [7, 11) is 2.13. The summed E-state index contributed by atoms with van der Waals surface area (Å²) in [6.45, 7) is 5.27. The summed E-state index contributed by atoms with van der Waals surface area (Å²) in [5, 5.41) is 8.94. The Morgan fingerprint density at radius 2 is 2.11 bits per heavy atom. The zero-order valence-corrected chi connectivity index (χ0v) is 11.3. The largest absolute Gasteiger partial charge is 0.370 e. The number of likely N-dealkylation sites (N-methyl/N-ethyl adjacent to an activating group) is 1. The van der Waals surface area contributed by atoms with Crippen LogP contribution in [0.1, 0.15) is 18.4 Å². The van der Waals surface area contributed by atoms with Crippen molar-refractivity contribution in [2.24, 2.45) is 0 Å². The molecule has 18 heavy (non-hydrogen) atoms. The van der Waals surface area contributed by atoms with E-state index < -0.39 is 0 Å². The Hall–Kier alpha value is -1.53. The van der Waals surface area contributed by atoms with Crippen molar-refractivity contribution in [2.75, 3.05) is 31.6 Å². The lowest BCUT2D eigenvalue weighted by molar-refractivity contribution is 0.264. The van der Waals surface area contributed by atoms with Crippen LogP contribution in [0.3, 0.4) is 0 Å². The second-order valence-electron chi connectivity index (χ2n) is 5.08. The maximum atomic E-state index is 8.94. The molecule has 96 valence electrons. The minimum Gasteiger partial charge on any atom is -0.370 e. The SMILES string of the molecule is Cc1ccccc1N1CCCN(C)C(CC#N)C1. The normalized spacial score (nSPS) is 21.4. The Labute approximate surface area is 110 Å². The van der Waals surface area contributed by atoms with E-state index in [4.69, 9.17) is 5.26 Å². The molecule has 3 nitrogen and oxygen atoms in total. The van der Waals surface area contributed by atoms with Crippen molar-refractivity contribution in [3.05, 3.63) is 29.8 Å². The van der Waals surface area contributed by atoms with Gasteiger partial charge in [-0.1, -0.05) is 18.2 Å². The van der Waals surface area contributed by atoms with Crippen LogP contribution in [0.4, 0.5) is 5.69 Å². The molecule has 0 aliphatic carbocycles. The lowest BCUT2D eigenvalue weighted by Crippen LogP contribution is -2.38. The van der Waals surface area contributed by atoms with Crippen LogP contribution in [0.25, 0.3) is 0 Å². The first-order valence-corrected chi connectivity index (χ1v) is 6.60. The van der Waals surface area contributed by atoms with Gasteiger partial charge in [-0.2, -0.15) is 5.26 Å². The summed E-state index contributed by atoms with van der Waals surface area (Å²) in [6.07, 6.45) is 1.77. The van der Waals surface area contributed by atoms with Crippen molar-refractivity contribution in [1.82, 2.24) is 4.90 Å². The maximum Gasteiger partial charge on any atom is 0.0638 e. The highest BCUT2D eigenvalue weighted by Gasteiger charge is 2.22. The molecule has 1 saturated heterocycles. The molecule has 0 radical (unpaired) electrons. The van der Waals surface area contributed by atoms with Crippen molar-refractivity contribution in [1.29, 1.82) is 5.26 Å². The predicted octanol–water partition coefficient (Wildman–Crippen LogP) is 2.42. The molecule has 3 heteroatoms. The number of hydrogen-bond donors (Lipinski definition) is 0. The van der Waals surface area contributed by atoms with E-state index in [1.54, 1.807) is 0 Å². The fourth-order valence-corrected chi connectivity index (χ4v) is 2.64. The minimum absolute atomic E-state index is 0.345. The molecule has 1 aromatic carbocycles. The molecule has 1 fully saturated rings. The number of aryl methyl sites for hydroxylation is 1. The van der Waals surface area contributed by atoms with Gasteiger partial charge in [-0.25, -0.2) is 0 Å². The molecule has 0 saturated carbocycles. The van der Waals surface area contributed by atoms with Crippen molar-refractivity contribution in [3.8, 4) is 6.07 Å². The molecule has 0 spiro atoms. The molecule has 1 aromatic rings. The van der Waals surface area contributed by atoms with Gasteiger partial charge in [0.25, 0.3) is 0 Å². The lowest BCUT2D eigenvalue weighted by Gasteiger charge is -2.29. The second-order valence-corrected chi connectivity index (χ2v) is 5.08. The van der Waals surface area contributed by atoms with E-state index in [0.717, 1.165) is 26.1 Å². The molecule has 1 aliphatic heterocycles. The number of anilines is 1. The quantitative estimate of drug-likeness (QED) is 0.799. The van der Waals surface area contributed by atoms with Crippen molar-refractivity contribution in [3.63, 3.8) is 0 Å². The first-order chi connectivity index (χ1) is 8.72. The van der Waals surface area contributed by atoms with Gasteiger partial charge >= 0.3 is 0 Å². The van der Waals surface area contributed by atoms with E-state index in [2.05, 4.69) is 54.1 Å². The number of nitriles is 1. The number of rotatable bonds is 2. The fraction of sp³-hybridized carbons (Fsp3) is 0.533. The van der Waals surface area contributed by atoms with Crippen molar-refractivity contribution >= 4 is 5.69 Å². The Kier molecular flexibility index (Phi) is 4.22. The van der Waals surface area contributed by atoms with E-state index in [-0.39, 0.29) is 0 Å². The van der Waals surface area contributed by atoms with Gasteiger partial charge in [0.1, 0.15) is 0 Å². The molecule has 1 unspecified atom stereocenters. The minimum atomic E-state index is 0.345. The predicted molar refractivity (Wildman–Crippen MR) is 74.7 cm³/mol. The molecule has 0 bridgehead atoms. The molecule has 0 amide bonds. The third kappa shape index (κ3) is 2.83. The second kappa shape index (κ2) is 5.88. The number of hydrogen-bond acceptors (Lipinski definition) is 3. The van der Waals surface area contributed by atoms with Gasteiger partial charge in [0.15, 0.2) is 0 Å². The molecule has 1 aliphatic rings. The van der Waals surface area contributed by atoms with Crippen LogP contribution in [0, 0.1) is 18.3 Å². The first-order valence-electron chi connectivity index (χ1n) is 6.60. The third-order valence-corrected chi connectivity index (χ3v) is 3.78. The van der Waals surface area contributed by atoms with Gasteiger partial charge in [-0.15, -0.1) is 0 Å². The Bertz CT molecular complexity index is 436. The van der Waals surface area contributed by atoms with Crippen LogP contribution in [0.15, 0.2) is 24.3 Å². The van der Waals surface area contributed by atoms with E-state index in [0.29, 0.717) is 12.5 Å². The summed E-state index contributed by atoms with van der Waals surface area (Å²) in [5.41, 5.74) is 2.63. The highest BCUT2D eigenvalue weighted by Crippen LogP contribution is 2.22. The highest BCUT2D eigenvalue weighted by molar-refractivity contribution is 5.53. The third-order valence-electron chi connectivity index (χ3n) is 3.78. The lowest BCUT2D eigenvalue weighted by atomic mass is 10.1. The summed E-state index contributed by atoms with van der Waals surface area (Å²) < 4.78 is 0. The Morgan fingerprint density at radius 3 is 2.83 bits per heavy atom. The first kappa shape index (κ1) is 12.9. The van der Waals surface area contributed by atoms with Crippen molar-refractivity contribution < 1.29 is 0 Å². The molecule has 1 atom stereocenters. The van der Waals surface area contributed by atoms with Gasteiger partial charge in [-0.3, -0.25) is 0 Å². The van der Waals surface area contributed by atoms with Crippen LogP contribution in [0.2, 0.25) is 0 Å². The van der Waals surface area contributed by atoms with Crippen LogP contribution >= 0.6 is 0 Å². The summed E-state index contributed by atoms with van der Waals surface area (Å²) in [4.78, 5) is 4.75. The maximum absolute atomic E-state index is 8.94. The van der Waals surface area contributed by atoms with E-state index in [1.807, 2.05) is 0 Å². The molecule has 0 aromatic heterocycles. The van der Waals surface area contributed by atoms with Crippen LogP contribution < -0.4 is 4.90 Å². The summed E-state index contributed by atoms with van der Waals surface area (Å²) >= 11 is 0. The van der Waals surface area contributed by atoms with Crippen molar-refractivity contribution in [2.45, 2.75) is 25.8 Å². The molecular formula is C15H21N3. The summed E-state index contributed by atoms with van der Waals surface area (Å²) in [6, 6.07) is 11.2. The smallest absolute Gasteiger partial charge is 0.0638 e. The van der Waals surface area contributed by atoms with Crippen LogP contribution in [-0.4, -0.2) is 37.6 Å². The Balaban J connectivity index is 2.18. The zero-order valence-electron chi connectivity index (χ0n) is 11.3. The van der Waals surface area contributed by atoms with Gasteiger partial charge in [0.2, 0.25) is 0 Å². The summed E-state index contributed by atoms with van der Waals surface area (Å²) in [5.74, 6) is 0. The number of benzene rings is 1. The fourth-order valence-electron chi connectivity index (χ4n) is 2.64. The van der Waals surface area contributed by atoms with Crippen LogP contribution in [0.5, 0.6) is 0 Å². The Morgan fingerprint density at radius 1 is 1.33 bits per heavy atom. The van der Waals surface area contributed by atoms with Gasteiger partial charge in [0.05, 0.1) is 12.5 Å². The van der Waals surface area contributed by atoms with E-state index >= 15 is 0 Å². The average Bonchev–Trinajstić information content (AvgIpc) is 2.54. The van der Waals surface area contributed by atoms with Gasteiger partial charge in [0, 0.05) is 24.8 Å². The highest BCUT2D eigenvalue weighted by atomic mass is 15.2. The molecule has 0 N–H and O–H groups in total. The molecular weight excluding hydrogens is 222 g/mol. The van der Waals surface area contributed by atoms with E-state index in [9.17, 15) is 0 Å². The van der Waals surface area contributed by atoms with Gasteiger partial charge in [-0.05, 0) is 38.6 Å². The number of para-hydroxylation sites is 1. The van der Waals surface area contributed by atoms with Gasteiger partial charge < -0.3 is 9.80 Å². The molecule has 1 heterocycles. The van der Waals surface area contributed by atoms with Crippen LogP contribution in [-0.2, 0) is 0 Å². The molecule has 2 rings (SSSR count). The zero-order chi connectivity index (χ0) is 13.0. The average molecular weight is 243 g/mol. The number of nitrogens with zero attached hydrogens (tertiary/aromatic N) is 3. The van der Waals surface area contributed by atoms with E-state index in [1.165, 1.54) is 11.3 Å². The standard InChI is InChI=1S/C15H21N3/c1-13-6-3-4-7-15(13)18-11-5-10-17(2)14(12-18)8-9-16/h3-4,6-7,14H,5,8,10-12H2,1-2H3.